The molecule has 3 aromatic carbocycles. The Morgan fingerprint density at radius 3 is 2.21 bits per heavy atom. The molecule has 4 aromatic rings. The van der Waals surface area contributed by atoms with Crippen LogP contribution in [-0.4, -0.2) is 30.6 Å². The molecule has 0 aliphatic carbocycles. The summed E-state index contributed by atoms with van der Waals surface area (Å²) in [6, 6.07) is 19.6. The topological polar surface area (TPSA) is 104 Å². The Morgan fingerprint density at radius 2 is 1.59 bits per heavy atom. The monoisotopic (exact) mass is 515 g/mol. The summed E-state index contributed by atoms with van der Waals surface area (Å²) in [5.41, 5.74) is 1.70. The number of fused-ring (bicyclic) bond motifs is 1. The lowest BCUT2D eigenvalue weighted by Gasteiger charge is -2.15. The number of thiophene rings is 1. The maximum Gasteiger partial charge on any atom is 0.321 e. The minimum absolute atomic E-state index is 0.0152. The van der Waals surface area contributed by atoms with Crippen LogP contribution in [0.2, 0.25) is 5.02 Å². The highest BCUT2D eigenvalue weighted by atomic mass is 35.5. The fourth-order valence-electron chi connectivity index (χ4n) is 3.68. The van der Waals surface area contributed by atoms with Crippen LogP contribution < -0.4 is 4.72 Å². The zero-order valence-corrected chi connectivity index (χ0v) is 20.3. The summed E-state index contributed by atoms with van der Waals surface area (Å²) in [7, 11) is -4.03. The Balaban J connectivity index is 1.42. The number of sulfonamides is 1. The molecular weight excluding hydrogens is 494 g/mol. The lowest BCUT2D eigenvalue weighted by atomic mass is 10.1. The molecule has 6 nitrogen and oxygen atoms in total. The number of aryl methyl sites for hydroxylation is 1. The number of hydrogen-bond donors (Lipinski definition) is 3. The molecule has 0 aliphatic heterocycles. The molecule has 1 atom stereocenters. The van der Waals surface area contributed by atoms with Crippen LogP contribution in [0, 0.1) is 0 Å². The number of halogens is 1. The van der Waals surface area contributed by atoms with Crippen LogP contribution in [0.1, 0.15) is 17.7 Å². The zero-order valence-electron chi connectivity index (χ0n) is 17.9. The third-order valence-electron chi connectivity index (χ3n) is 5.47. The predicted octanol–water partition coefficient (Wildman–Crippen LogP) is 5.68. The quantitative estimate of drug-likeness (QED) is 0.266. The summed E-state index contributed by atoms with van der Waals surface area (Å²) in [4.78, 5) is 12.5. The first kappa shape index (κ1) is 24.2. The Morgan fingerprint density at radius 1 is 0.971 bits per heavy atom. The lowest BCUT2D eigenvalue weighted by Crippen LogP contribution is -2.40. The van der Waals surface area contributed by atoms with E-state index in [0.29, 0.717) is 17.9 Å². The fourth-order valence-corrected chi connectivity index (χ4v) is 6.17. The summed E-state index contributed by atoms with van der Waals surface area (Å²) < 4.78 is 28.9. The molecule has 3 N–H and O–H groups in total. The first-order chi connectivity index (χ1) is 16.2. The van der Waals surface area contributed by atoms with Gasteiger partial charge in [-0.05, 0) is 66.8 Å². The standard InChI is InChI=1S/C25H22ClNO5S2/c26-18-12-8-16(9-13-18)17-10-14-19(15-11-17)34(31,32)27-21(25(29)30)5-3-7-23-24(28)20-4-1-2-6-22(20)33-23/h1-2,4,6,8-15,21,27-28H,3,5,7H2,(H,29,30)/t21-/m0/s1. The smallest absolute Gasteiger partial charge is 0.321 e. The van der Waals surface area contributed by atoms with Crippen molar-refractivity contribution < 1.29 is 23.4 Å². The van der Waals surface area contributed by atoms with Gasteiger partial charge >= 0.3 is 5.97 Å². The highest BCUT2D eigenvalue weighted by Gasteiger charge is 2.25. The molecule has 9 heteroatoms. The van der Waals surface area contributed by atoms with Crippen molar-refractivity contribution in [1.82, 2.24) is 4.72 Å². The van der Waals surface area contributed by atoms with Gasteiger partial charge in [0.15, 0.2) is 0 Å². The summed E-state index contributed by atoms with van der Waals surface area (Å²) in [5.74, 6) is -1.05. The number of nitrogens with one attached hydrogen (secondary N) is 1. The summed E-state index contributed by atoms with van der Waals surface area (Å²) >= 11 is 7.36. The van der Waals surface area contributed by atoms with E-state index in [1.165, 1.54) is 23.5 Å². The van der Waals surface area contributed by atoms with Gasteiger partial charge in [0.2, 0.25) is 10.0 Å². The molecule has 0 amide bonds. The minimum Gasteiger partial charge on any atom is -0.506 e. The van der Waals surface area contributed by atoms with Gasteiger partial charge in [0, 0.05) is 20.0 Å². The second-order valence-corrected chi connectivity index (χ2v) is 11.1. The first-order valence-electron chi connectivity index (χ1n) is 10.5. The lowest BCUT2D eigenvalue weighted by molar-refractivity contribution is -0.139. The third kappa shape index (κ3) is 5.42. The largest absolute Gasteiger partial charge is 0.506 e. The molecule has 0 saturated heterocycles. The molecule has 0 unspecified atom stereocenters. The van der Waals surface area contributed by atoms with Crippen molar-refractivity contribution in [2.24, 2.45) is 0 Å². The maximum atomic E-state index is 12.8. The summed E-state index contributed by atoms with van der Waals surface area (Å²) in [5, 5.41) is 21.3. The molecule has 176 valence electrons. The summed E-state index contributed by atoms with van der Waals surface area (Å²) in [6.45, 7) is 0. The van der Waals surface area contributed by atoms with E-state index in [9.17, 15) is 23.4 Å². The Bertz CT molecular complexity index is 1410. The van der Waals surface area contributed by atoms with Gasteiger partial charge in [-0.3, -0.25) is 4.79 Å². The average molecular weight is 516 g/mol. The molecule has 1 aromatic heterocycles. The molecule has 0 fully saturated rings. The number of rotatable bonds is 9. The van der Waals surface area contributed by atoms with Crippen molar-refractivity contribution in [1.29, 1.82) is 0 Å². The van der Waals surface area contributed by atoms with Crippen LogP contribution in [0.15, 0.2) is 77.7 Å². The second kappa shape index (κ2) is 10.1. The molecule has 0 saturated carbocycles. The molecule has 0 radical (unpaired) electrons. The van der Waals surface area contributed by atoms with Crippen LogP contribution >= 0.6 is 22.9 Å². The Kier molecular flexibility index (Phi) is 7.23. The van der Waals surface area contributed by atoms with Crippen LogP contribution in [0.4, 0.5) is 0 Å². The molecule has 1 heterocycles. The van der Waals surface area contributed by atoms with E-state index in [0.717, 1.165) is 26.1 Å². The number of hydrogen-bond acceptors (Lipinski definition) is 5. The highest BCUT2D eigenvalue weighted by molar-refractivity contribution is 7.89. The van der Waals surface area contributed by atoms with Crippen LogP contribution in [-0.2, 0) is 21.2 Å². The van der Waals surface area contributed by atoms with Gasteiger partial charge in [-0.1, -0.05) is 48.0 Å². The Labute approximate surface area is 206 Å². The number of aliphatic carboxylic acids is 1. The van der Waals surface area contributed by atoms with Gasteiger partial charge in [0.1, 0.15) is 11.8 Å². The zero-order chi connectivity index (χ0) is 24.3. The van der Waals surface area contributed by atoms with Crippen LogP contribution in [0.25, 0.3) is 21.2 Å². The van der Waals surface area contributed by atoms with Crippen LogP contribution in [0.5, 0.6) is 5.75 Å². The van der Waals surface area contributed by atoms with Gasteiger partial charge < -0.3 is 10.2 Å². The fraction of sp³-hybridized carbons (Fsp3) is 0.160. The van der Waals surface area contributed by atoms with Crippen LogP contribution in [0.3, 0.4) is 0 Å². The third-order valence-corrected chi connectivity index (χ3v) is 8.43. The molecule has 0 aliphatic rings. The maximum absolute atomic E-state index is 12.8. The Hall–Kier alpha value is -2.91. The van der Waals surface area contributed by atoms with Gasteiger partial charge in [-0.25, -0.2) is 8.42 Å². The molecule has 0 spiro atoms. The average Bonchev–Trinajstić information content (AvgIpc) is 3.14. The van der Waals surface area contributed by atoms with Crippen molar-refractivity contribution in [3.05, 3.63) is 82.7 Å². The van der Waals surface area contributed by atoms with Gasteiger partial charge in [-0.15, -0.1) is 11.3 Å². The predicted molar refractivity (Wildman–Crippen MR) is 135 cm³/mol. The first-order valence-corrected chi connectivity index (χ1v) is 13.2. The number of carboxylic acids is 1. The van der Waals surface area contributed by atoms with Crippen molar-refractivity contribution in [3.63, 3.8) is 0 Å². The van der Waals surface area contributed by atoms with Crippen molar-refractivity contribution >= 4 is 49.0 Å². The van der Waals surface area contributed by atoms with Gasteiger partial charge in [0.25, 0.3) is 0 Å². The van der Waals surface area contributed by atoms with E-state index in [2.05, 4.69) is 4.72 Å². The number of carbonyl (C=O) groups is 1. The van der Waals surface area contributed by atoms with Crippen molar-refractivity contribution in [2.75, 3.05) is 0 Å². The highest BCUT2D eigenvalue weighted by Crippen LogP contribution is 2.37. The summed E-state index contributed by atoms with van der Waals surface area (Å²) in [6.07, 6.45) is 0.937. The van der Waals surface area contributed by atoms with Crippen molar-refractivity contribution in [2.45, 2.75) is 30.2 Å². The molecule has 4 rings (SSSR count). The van der Waals surface area contributed by atoms with Crippen molar-refractivity contribution in [3.8, 4) is 16.9 Å². The van der Waals surface area contributed by atoms with E-state index in [1.54, 1.807) is 24.3 Å². The van der Waals surface area contributed by atoms with Gasteiger partial charge in [-0.2, -0.15) is 4.72 Å². The number of carboxylic acid groups (broad SMARTS) is 1. The van der Waals surface area contributed by atoms with E-state index < -0.39 is 22.0 Å². The van der Waals surface area contributed by atoms with E-state index in [4.69, 9.17) is 11.6 Å². The molecule has 0 bridgehead atoms. The normalized spacial score (nSPS) is 12.6. The van der Waals surface area contributed by atoms with E-state index in [-0.39, 0.29) is 17.1 Å². The SMILES string of the molecule is O=C(O)[C@H](CCCc1sc2ccccc2c1O)NS(=O)(=O)c1ccc(-c2ccc(Cl)cc2)cc1. The van der Waals surface area contributed by atoms with Gasteiger partial charge in [0.05, 0.1) is 4.90 Å². The molecular formula is C25H22ClNO5S2. The van der Waals surface area contributed by atoms with E-state index in [1.807, 2.05) is 36.4 Å². The number of aromatic hydroxyl groups is 1. The second-order valence-electron chi connectivity index (χ2n) is 7.81. The number of benzene rings is 3. The van der Waals surface area contributed by atoms with E-state index >= 15 is 0 Å². The minimum atomic E-state index is -4.03. The molecule has 34 heavy (non-hydrogen) atoms.